The van der Waals surface area contributed by atoms with E-state index in [1.165, 1.54) is 18.5 Å². The van der Waals surface area contributed by atoms with Crippen LogP contribution >= 0.6 is 0 Å². The van der Waals surface area contributed by atoms with E-state index in [4.69, 9.17) is 0 Å². The van der Waals surface area contributed by atoms with Crippen LogP contribution in [-0.4, -0.2) is 10.9 Å². The van der Waals surface area contributed by atoms with Crippen LogP contribution in [0.2, 0.25) is 0 Å². The zero-order chi connectivity index (χ0) is 11.3. The van der Waals surface area contributed by atoms with Crippen molar-refractivity contribution in [3.05, 3.63) is 23.5 Å². The fourth-order valence-electron chi connectivity index (χ4n) is 1.89. The Labute approximate surface area is 92.3 Å². The first-order valence-electron chi connectivity index (χ1n) is 5.89. The van der Waals surface area contributed by atoms with Gasteiger partial charge in [0.15, 0.2) is 6.29 Å². The third-order valence-corrected chi connectivity index (χ3v) is 2.97. The number of aromatic nitrogens is 1. The highest BCUT2D eigenvalue weighted by molar-refractivity contribution is 5.72. The van der Waals surface area contributed by atoms with Gasteiger partial charge in [-0.05, 0) is 38.3 Å². The summed E-state index contributed by atoms with van der Waals surface area (Å²) in [6.07, 6.45) is 5.49. The fourth-order valence-corrected chi connectivity index (χ4v) is 1.89. The molecule has 1 rings (SSSR count). The van der Waals surface area contributed by atoms with Crippen molar-refractivity contribution < 1.29 is 4.79 Å². The minimum absolute atomic E-state index is 0.423. The van der Waals surface area contributed by atoms with E-state index >= 15 is 0 Å². The predicted molar refractivity (Wildman–Crippen MR) is 63.4 cm³/mol. The molecule has 1 aromatic heterocycles. The van der Waals surface area contributed by atoms with Crippen LogP contribution in [0.15, 0.2) is 12.1 Å². The molecule has 0 aliphatic heterocycles. The van der Waals surface area contributed by atoms with Gasteiger partial charge in [-0.15, -0.1) is 0 Å². The Hall–Kier alpha value is -1.05. The van der Waals surface area contributed by atoms with Crippen LogP contribution in [0.1, 0.15) is 62.3 Å². The lowest BCUT2D eigenvalue weighted by Gasteiger charge is -2.17. The standard InChI is InChI=1S/C13H21NO/c1-4-6-7-12-8-9-13(10-15)14(12)11(3)5-2/h8-11H,4-7H2,1-3H3/t11-/m0/s1. The molecule has 0 saturated heterocycles. The van der Waals surface area contributed by atoms with Crippen molar-refractivity contribution in [3.63, 3.8) is 0 Å². The highest BCUT2D eigenvalue weighted by atomic mass is 16.1. The summed E-state index contributed by atoms with van der Waals surface area (Å²) in [7, 11) is 0. The van der Waals surface area contributed by atoms with Gasteiger partial charge in [0.05, 0.1) is 5.69 Å². The van der Waals surface area contributed by atoms with E-state index in [1.54, 1.807) is 0 Å². The lowest BCUT2D eigenvalue weighted by atomic mass is 10.2. The second kappa shape index (κ2) is 5.74. The Morgan fingerprint density at radius 1 is 1.40 bits per heavy atom. The molecule has 0 fully saturated rings. The molecule has 0 aliphatic rings. The summed E-state index contributed by atoms with van der Waals surface area (Å²) in [5.74, 6) is 0. The predicted octanol–water partition coefficient (Wildman–Crippen LogP) is 3.61. The average Bonchev–Trinajstić information content (AvgIpc) is 2.68. The first-order valence-corrected chi connectivity index (χ1v) is 5.89. The molecular weight excluding hydrogens is 186 g/mol. The summed E-state index contributed by atoms with van der Waals surface area (Å²) in [6, 6.07) is 4.45. The summed E-state index contributed by atoms with van der Waals surface area (Å²) < 4.78 is 2.18. The molecule has 0 bridgehead atoms. The quantitative estimate of drug-likeness (QED) is 0.653. The van der Waals surface area contributed by atoms with Crippen molar-refractivity contribution >= 4 is 6.29 Å². The zero-order valence-corrected chi connectivity index (χ0v) is 9.99. The van der Waals surface area contributed by atoms with Crippen LogP contribution in [0.4, 0.5) is 0 Å². The van der Waals surface area contributed by atoms with Crippen molar-refractivity contribution in [2.24, 2.45) is 0 Å². The first kappa shape index (κ1) is 12.0. The number of nitrogens with zero attached hydrogens (tertiary/aromatic N) is 1. The second-order valence-corrected chi connectivity index (χ2v) is 4.10. The number of carbonyl (C=O) groups excluding carboxylic acids is 1. The maximum absolute atomic E-state index is 10.9. The number of unbranched alkanes of at least 4 members (excludes halogenated alkanes) is 1. The summed E-state index contributed by atoms with van der Waals surface area (Å²) in [5.41, 5.74) is 2.11. The van der Waals surface area contributed by atoms with Crippen molar-refractivity contribution in [1.29, 1.82) is 0 Å². The molecule has 0 saturated carbocycles. The van der Waals surface area contributed by atoms with E-state index in [0.29, 0.717) is 6.04 Å². The van der Waals surface area contributed by atoms with Crippen molar-refractivity contribution in [2.75, 3.05) is 0 Å². The highest BCUT2D eigenvalue weighted by Crippen LogP contribution is 2.19. The van der Waals surface area contributed by atoms with Crippen molar-refractivity contribution in [1.82, 2.24) is 4.57 Å². The molecule has 0 N–H and O–H groups in total. The molecule has 1 aromatic rings. The molecule has 15 heavy (non-hydrogen) atoms. The zero-order valence-electron chi connectivity index (χ0n) is 9.99. The normalized spacial score (nSPS) is 12.7. The van der Waals surface area contributed by atoms with E-state index < -0.39 is 0 Å². The molecule has 0 amide bonds. The van der Waals surface area contributed by atoms with E-state index in [2.05, 4.69) is 31.4 Å². The number of hydrogen-bond acceptors (Lipinski definition) is 1. The molecule has 2 heteroatoms. The number of rotatable bonds is 6. The fraction of sp³-hybridized carbons (Fsp3) is 0.615. The van der Waals surface area contributed by atoms with Gasteiger partial charge in [-0.3, -0.25) is 4.79 Å². The molecule has 0 radical (unpaired) electrons. The van der Waals surface area contributed by atoms with Gasteiger partial charge in [0.1, 0.15) is 0 Å². The maximum atomic E-state index is 10.9. The number of aldehydes is 1. The second-order valence-electron chi connectivity index (χ2n) is 4.10. The Morgan fingerprint density at radius 3 is 2.67 bits per heavy atom. The molecule has 0 aromatic carbocycles. The minimum atomic E-state index is 0.423. The van der Waals surface area contributed by atoms with Gasteiger partial charge >= 0.3 is 0 Å². The topological polar surface area (TPSA) is 22.0 Å². The number of aryl methyl sites for hydroxylation is 1. The third-order valence-electron chi connectivity index (χ3n) is 2.97. The van der Waals surface area contributed by atoms with Gasteiger partial charge in [0, 0.05) is 11.7 Å². The summed E-state index contributed by atoms with van der Waals surface area (Å²) in [6.45, 7) is 6.52. The number of hydrogen-bond donors (Lipinski definition) is 0. The van der Waals surface area contributed by atoms with Gasteiger partial charge in [-0.1, -0.05) is 20.3 Å². The van der Waals surface area contributed by atoms with E-state index in [-0.39, 0.29) is 0 Å². The lowest BCUT2D eigenvalue weighted by molar-refractivity contribution is 0.111. The van der Waals surface area contributed by atoms with Crippen LogP contribution in [-0.2, 0) is 6.42 Å². The molecule has 1 atom stereocenters. The lowest BCUT2D eigenvalue weighted by Crippen LogP contribution is -2.11. The molecule has 1 heterocycles. The Morgan fingerprint density at radius 2 is 2.13 bits per heavy atom. The molecular formula is C13H21NO. The monoisotopic (exact) mass is 207 g/mol. The van der Waals surface area contributed by atoms with Gasteiger partial charge in [0.2, 0.25) is 0 Å². The van der Waals surface area contributed by atoms with Crippen molar-refractivity contribution in [3.8, 4) is 0 Å². The Kier molecular flexibility index (Phi) is 4.60. The third kappa shape index (κ3) is 2.71. The summed E-state index contributed by atoms with van der Waals surface area (Å²) in [5, 5.41) is 0. The van der Waals surface area contributed by atoms with E-state index in [1.807, 2.05) is 6.07 Å². The Balaban J connectivity index is 2.94. The van der Waals surface area contributed by atoms with Gasteiger partial charge < -0.3 is 4.57 Å². The Bertz CT molecular complexity index is 314. The van der Waals surface area contributed by atoms with E-state index in [0.717, 1.165) is 24.8 Å². The average molecular weight is 207 g/mol. The van der Waals surface area contributed by atoms with Crippen LogP contribution in [0.5, 0.6) is 0 Å². The largest absolute Gasteiger partial charge is 0.340 e. The van der Waals surface area contributed by atoms with Crippen LogP contribution in [0.25, 0.3) is 0 Å². The molecule has 84 valence electrons. The molecule has 0 aliphatic carbocycles. The number of carbonyl (C=O) groups is 1. The van der Waals surface area contributed by atoms with Crippen LogP contribution in [0.3, 0.4) is 0 Å². The van der Waals surface area contributed by atoms with Gasteiger partial charge in [-0.2, -0.15) is 0 Å². The summed E-state index contributed by atoms with van der Waals surface area (Å²) in [4.78, 5) is 10.9. The first-order chi connectivity index (χ1) is 7.24. The maximum Gasteiger partial charge on any atom is 0.166 e. The highest BCUT2D eigenvalue weighted by Gasteiger charge is 2.11. The SMILES string of the molecule is CCCCc1ccc(C=O)n1[C@@H](C)CC. The van der Waals surface area contributed by atoms with Gasteiger partial charge in [0.25, 0.3) is 0 Å². The molecule has 2 nitrogen and oxygen atoms in total. The van der Waals surface area contributed by atoms with E-state index in [9.17, 15) is 4.79 Å². The summed E-state index contributed by atoms with van der Waals surface area (Å²) >= 11 is 0. The van der Waals surface area contributed by atoms with Crippen molar-refractivity contribution in [2.45, 2.75) is 52.5 Å². The molecule has 0 unspecified atom stereocenters. The molecule has 0 spiro atoms. The van der Waals surface area contributed by atoms with Crippen LogP contribution in [0, 0.1) is 0 Å². The smallest absolute Gasteiger partial charge is 0.166 e. The van der Waals surface area contributed by atoms with Crippen LogP contribution < -0.4 is 0 Å². The minimum Gasteiger partial charge on any atom is -0.340 e. The van der Waals surface area contributed by atoms with Gasteiger partial charge in [-0.25, -0.2) is 0 Å².